The number of likely N-dealkylation sites (tertiary alicyclic amines) is 1. The van der Waals surface area contributed by atoms with E-state index in [1.54, 1.807) is 7.11 Å². The molecule has 0 bridgehead atoms. The van der Waals surface area contributed by atoms with Crippen LogP contribution in [0, 0.1) is 5.92 Å². The second kappa shape index (κ2) is 10.6. The number of methoxy groups -OCH3 is 1. The minimum atomic E-state index is -0.567. The lowest BCUT2D eigenvalue weighted by Crippen LogP contribution is -2.43. The number of amides is 1. The summed E-state index contributed by atoms with van der Waals surface area (Å²) >= 11 is 0. The summed E-state index contributed by atoms with van der Waals surface area (Å²) in [4.78, 5) is 20.2. The smallest absolute Gasteiger partial charge is 0.488 e. The molecule has 45 heavy (non-hydrogen) atoms. The van der Waals surface area contributed by atoms with Gasteiger partial charge in [0.1, 0.15) is 18.0 Å². The summed E-state index contributed by atoms with van der Waals surface area (Å²) in [6.45, 7) is 15.7. The van der Waals surface area contributed by atoms with Crippen LogP contribution in [0.2, 0.25) is 0 Å². The summed E-state index contributed by atoms with van der Waals surface area (Å²) in [5.41, 5.74) is 6.15. The number of carbonyl (C=O) groups is 1. The number of hydrogen-bond donors (Lipinski definition) is 0. The average Bonchev–Trinajstić information content (AvgIpc) is 3.64. The molecule has 0 radical (unpaired) electrons. The van der Waals surface area contributed by atoms with Crippen LogP contribution in [-0.4, -0.2) is 66.9 Å². The predicted molar refractivity (Wildman–Crippen MR) is 177 cm³/mol. The molecule has 3 aromatic rings. The Kier molecular flexibility index (Phi) is 7.11. The largest absolute Gasteiger partial charge is 0.494 e. The first-order chi connectivity index (χ1) is 21.2. The summed E-state index contributed by atoms with van der Waals surface area (Å²) in [5.74, 6) is 1.11. The summed E-state index contributed by atoms with van der Waals surface area (Å²) in [6, 6.07) is 14.9. The Bertz CT molecular complexity index is 1710. The molecule has 236 valence electrons. The molecule has 1 amide bonds. The fraction of sp³-hybridized carbons (Fsp3) is 0.500. The Hall–Kier alpha value is -3.40. The Morgan fingerprint density at radius 3 is 2.51 bits per heavy atom. The molecule has 2 atom stereocenters. The molecule has 2 saturated heterocycles. The van der Waals surface area contributed by atoms with E-state index in [9.17, 15) is 4.79 Å². The van der Waals surface area contributed by atoms with E-state index in [-0.39, 0.29) is 18.1 Å². The summed E-state index contributed by atoms with van der Waals surface area (Å²) < 4.78 is 30.2. The van der Waals surface area contributed by atoms with Gasteiger partial charge in [0.2, 0.25) is 0 Å². The van der Waals surface area contributed by atoms with Crippen molar-refractivity contribution in [3.05, 3.63) is 53.6 Å². The molecule has 0 aromatic heterocycles. The van der Waals surface area contributed by atoms with Crippen molar-refractivity contribution in [1.82, 2.24) is 4.90 Å². The molecule has 0 spiro atoms. The van der Waals surface area contributed by atoms with Gasteiger partial charge in [-0.1, -0.05) is 24.3 Å². The van der Waals surface area contributed by atoms with Gasteiger partial charge >= 0.3 is 13.2 Å². The fourth-order valence-electron chi connectivity index (χ4n) is 6.99. The van der Waals surface area contributed by atoms with Crippen LogP contribution in [0.3, 0.4) is 0 Å². The molecule has 7 rings (SSSR count). The van der Waals surface area contributed by atoms with Crippen molar-refractivity contribution >= 4 is 40.8 Å². The van der Waals surface area contributed by atoms with Gasteiger partial charge in [-0.2, -0.15) is 0 Å². The standard InChI is InChI=1S/C36H43BN2O6/c1-34(2,3)43-33(40)39-18-21(19-41-8)13-31(39)30-16-27-26-17-32-28(15-22(26)9-12-29(27)38-30)25-11-10-24(14-23(25)20-42-32)37-44-35(4,5)36(6,7)45-37/h9-12,14-15,17,21,31H,13,16,18-20H2,1-8H3/t21-,31-/m0/s1. The molecule has 2 fully saturated rings. The van der Waals surface area contributed by atoms with E-state index in [2.05, 4.69) is 70.2 Å². The summed E-state index contributed by atoms with van der Waals surface area (Å²) in [5, 5.41) is 2.28. The van der Waals surface area contributed by atoms with Crippen molar-refractivity contribution in [2.75, 3.05) is 20.3 Å². The molecule has 0 saturated carbocycles. The Balaban J connectivity index is 1.16. The highest BCUT2D eigenvalue weighted by Crippen LogP contribution is 2.44. The van der Waals surface area contributed by atoms with Gasteiger partial charge in [-0.25, -0.2) is 4.79 Å². The first kappa shape index (κ1) is 30.3. The third-order valence-electron chi connectivity index (χ3n) is 9.96. The number of carbonyl (C=O) groups excluding carboxylic acids is 1. The maximum Gasteiger partial charge on any atom is 0.494 e. The molecule has 8 nitrogen and oxygen atoms in total. The summed E-state index contributed by atoms with van der Waals surface area (Å²) in [6.07, 6.45) is 1.20. The first-order valence-electron chi connectivity index (χ1n) is 16.0. The van der Waals surface area contributed by atoms with Crippen molar-refractivity contribution in [1.29, 1.82) is 0 Å². The van der Waals surface area contributed by atoms with Gasteiger partial charge in [0.25, 0.3) is 0 Å². The van der Waals surface area contributed by atoms with Gasteiger partial charge in [-0.15, -0.1) is 0 Å². The van der Waals surface area contributed by atoms with Crippen LogP contribution in [-0.2, 0) is 31.8 Å². The molecular formula is C36H43BN2O6. The topological polar surface area (TPSA) is 78.8 Å². The number of ether oxygens (including phenoxy) is 3. The van der Waals surface area contributed by atoms with Gasteiger partial charge in [0, 0.05) is 37.3 Å². The molecule has 4 aliphatic rings. The molecule has 4 aliphatic heterocycles. The van der Waals surface area contributed by atoms with Crippen molar-refractivity contribution < 1.29 is 28.3 Å². The fourth-order valence-corrected chi connectivity index (χ4v) is 6.99. The number of rotatable bonds is 4. The van der Waals surface area contributed by atoms with E-state index in [4.69, 9.17) is 28.5 Å². The molecule has 0 N–H and O–H groups in total. The van der Waals surface area contributed by atoms with Gasteiger partial charge in [0.15, 0.2) is 0 Å². The van der Waals surface area contributed by atoms with E-state index < -0.39 is 23.9 Å². The van der Waals surface area contributed by atoms with Crippen LogP contribution >= 0.6 is 0 Å². The van der Waals surface area contributed by atoms with Crippen LogP contribution in [0.5, 0.6) is 5.75 Å². The van der Waals surface area contributed by atoms with Crippen molar-refractivity contribution in [3.63, 3.8) is 0 Å². The minimum Gasteiger partial charge on any atom is -0.488 e. The highest BCUT2D eigenvalue weighted by atomic mass is 16.7. The molecule has 0 unspecified atom stereocenters. The molecule has 9 heteroatoms. The number of hydrogen-bond acceptors (Lipinski definition) is 7. The zero-order chi connectivity index (χ0) is 31.9. The van der Waals surface area contributed by atoms with Crippen molar-refractivity contribution in [3.8, 4) is 16.9 Å². The highest BCUT2D eigenvalue weighted by molar-refractivity contribution is 6.62. The maximum absolute atomic E-state index is 13.3. The molecule has 4 heterocycles. The van der Waals surface area contributed by atoms with Crippen LogP contribution in [0.15, 0.2) is 47.5 Å². The lowest BCUT2D eigenvalue weighted by Gasteiger charge is -2.32. The van der Waals surface area contributed by atoms with Crippen LogP contribution in [0.25, 0.3) is 21.9 Å². The first-order valence-corrected chi connectivity index (χ1v) is 16.0. The number of benzene rings is 3. The SMILES string of the molecule is COC[C@H]1C[C@@H](C2=Nc3ccc4cc5c(cc4c3C2)OCc2cc(B3OC(C)(C)C(C)(C)O3)ccc2-5)N(C(=O)OC(C)(C)C)C1. The highest BCUT2D eigenvalue weighted by Gasteiger charge is 2.52. The Morgan fingerprint density at radius 1 is 1.04 bits per heavy atom. The third kappa shape index (κ3) is 5.32. The van der Waals surface area contributed by atoms with Gasteiger partial charge in [-0.05, 0) is 106 Å². The minimum absolute atomic E-state index is 0.124. The zero-order valence-electron chi connectivity index (χ0n) is 27.7. The quantitative estimate of drug-likeness (QED) is 0.310. The Morgan fingerprint density at radius 2 is 1.80 bits per heavy atom. The third-order valence-corrected chi connectivity index (χ3v) is 9.96. The van der Waals surface area contributed by atoms with Crippen LogP contribution in [0.1, 0.15) is 66.0 Å². The van der Waals surface area contributed by atoms with E-state index in [0.29, 0.717) is 26.2 Å². The number of aliphatic imine (C=N–C) groups is 1. The Labute approximate surface area is 266 Å². The lowest BCUT2D eigenvalue weighted by atomic mass is 9.77. The zero-order valence-corrected chi connectivity index (χ0v) is 27.7. The molecule has 0 aliphatic carbocycles. The average molecular weight is 611 g/mol. The van der Waals surface area contributed by atoms with E-state index in [0.717, 1.165) is 50.9 Å². The monoisotopic (exact) mass is 610 g/mol. The van der Waals surface area contributed by atoms with Gasteiger partial charge in [-0.3, -0.25) is 9.89 Å². The van der Waals surface area contributed by atoms with Gasteiger partial charge < -0.3 is 23.5 Å². The number of nitrogens with zero attached hydrogens (tertiary/aromatic N) is 2. The van der Waals surface area contributed by atoms with E-state index in [1.807, 2.05) is 25.7 Å². The van der Waals surface area contributed by atoms with Crippen molar-refractivity contribution in [2.45, 2.75) is 90.8 Å². The lowest BCUT2D eigenvalue weighted by molar-refractivity contribution is 0.00578. The van der Waals surface area contributed by atoms with E-state index in [1.165, 1.54) is 11.1 Å². The van der Waals surface area contributed by atoms with E-state index >= 15 is 0 Å². The van der Waals surface area contributed by atoms with Gasteiger partial charge in [0.05, 0.1) is 29.5 Å². The van der Waals surface area contributed by atoms with Crippen molar-refractivity contribution in [2.24, 2.45) is 10.9 Å². The summed E-state index contributed by atoms with van der Waals surface area (Å²) in [7, 11) is 1.30. The second-order valence-electron chi connectivity index (χ2n) is 14.9. The van der Waals surface area contributed by atoms with Crippen LogP contribution < -0.4 is 10.2 Å². The molecular weight excluding hydrogens is 567 g/mol. The maximum atomic E-state index is 13.3. The predicted octanol–water partition coefficient (Wildman–Crippen LogP) is 6.60. The number of fused-ring (bicyclic) bond motifs is 6. The second-order valence-corrected chi connectivity index (χ2v) is 14.9. The van der Waals surface area contributed by atoms with Crippen LogP contribution in [0.4, 0.5) is 10.5 Å². The normalized spacial score (nSPS) is 23.0. The molecule has 3 aromatic carbocycles.